The van der Waals surface area contributed by atoms with Crippen LogP contribution in [0.1, 0.15) is 23.7 Å². The number of hydrogen-bond donors (Lipinski definition) is 0. The maximum atomic E-state index is 12.2. The Morgan fingerprint density at radius 1 is 1.42 bits per heavy atom. The summed E-state index contributed by atoms with van der Waals surface area (Å²) in [6.45, 7) is 5.07. The summed E-state index contributed by atoms with van der Waals surface area (Å²) in [5.41, 5.74) is 0.803. The van der Waals surface area contributed by atoms with Crippen LogP contribution in [0.25, 0.3) is 0 Å². The van der Waals surface area contributed by atoms with Gasteiger partial charge < -0.3 is 4.74 Å². The third-order valence-electron chi connectivity index (χ3n) is 3.46. The molecular formula is C15H21NO2S. The lowest BCUT2D eigenvalue weighted by Crippen LogP contribution is -2.44. The molecule has 19 heavy (non-hydrogen) atoms. The Bertz CT molecular complexity index is 419. The first kappa shape index (κ1) is 14.6. The van der Waals surface area contributed by atoms with Crippen LogP contribution < -0.4 is 0 Å². The van der Waals surface area contributed by atoms with Crippen molar-refractivity contribution in [2.24, 2.45) is 0 Å². The summed E-state index contributed by atoms with van der Waals surface area (Å²) in [7, 11) is 0. The van der Waals surface area contributed by atoms with Crippen molar-refractivity contribution in [1.29, 1.82) is 0 Å². The molecule has 0 aliphatic carbocycles. The molecule has 1 aliphatic rings. The summed E-state index contributed by atoms with van der Waals surface area (Å²) in [6.07, 6.45) is 3.32. The van der Waals surface area contributed by atoms with Gasteiger partial charge in [0.1, 0.15) is 0 Å². The summed E-state index contributed by atoms with van der Waals surface area (Å²) < 4.78 is 5.62. The largest absolute Gasteiger partial charge is 0.376 e. The van der Waals surface area contributed by atoms with E-state index in [2.05, 4.69) is 11.8 Å². The Morgan fingerprint density at radius 3 is 2.79 bits per heavy atom. The van der Waals surface area contributed by atoms with E-state index >= 15 is 0 Å². The Kier molecular flexibility index (Phi) is 5.43. The Hall–Kier alpha value is -0.840. The van der Waals surface area contributed by atoms with Crippen molar-refractivity contribution in [2.45, 2.75) is 24.3 Å². The van der Waals surface area contributed by atoms with Crippen LogP contribution in [0.5, 0.6) is 0 Å². The average Bonchev–Trinajstić information content (AvgIpc) is 2.47. The van der Waals surface area contributed by atoms with Gasteiger partial charge in [-0.05, 0) is 24.8 Å². The first-order valence-electron chi connectivity index (χ1n) is 6.74. The van der Waals surface area contributed by atoms with Crippen molar-refractivity contribution in [1.82, 2.24) is 4.90 Å². The van der Waals surface area contributed by atoms with Gasteiger partial charge in [-0.25, -0.2) is 0 Å². The Labute approximate surface area is 119 Å². The highest BCUT2D eigenvalue weighted by Crippen LogP contribution is 2.16. The molecule has 0 N–H and O–H groups in total. The van der Waals surface area contributed by atoms with Gasteiger partial charge in [0, 0.05) is 23.5 Å². The molecule has 1 aromatic rings. The molecule has 2 rings (SSSR count). The van der Waals surface area contributed by atoms with Gasteiger partial charge in [0.05, 0.1) is 19.3 Å². The van der Waals surface area contributed by atoms with Crippen molar-refractivity contribution in [3.05, 3.63) is 29.8 Å². The predicted molar refractivity (Wildman–Crippen MR) is 79.0 cm³/mol. The summed E-state index contributed by atoms with van der Waals surface area (Å²) >= 11 is 1.69. The first-order chi connectivity index (χ1) is 9.22. The number of thioether (sulfide) groups is 1. The zero-order valence-corrected chi connectivity index (χ0v) is 12.4. The molecule has 0 amide bonds. The second-order valence-electron chi connectivity index (χ2n) is 4.79. The molecule has 0 spiro atoms. The minimum absolute atomic E-state index is 0.199. The van der Waals surface area contributed by atoms with E-state index in [4.69, 9.17) is 4.74 Å². The topological polar surface area (TPSA) is 29.5 Å². The molecule has 1 heterocycles. The fraction of sp³-hybridized carbons (Fsp3) is 0.533. The second-order valence-corrected chi connectivity index (χ2v) is 5.67. The Balaban J connectivity index is 1.92. The molecule has 1 saturated heterocycles. The summed E-state index contributed by atoms with van der Waals surface area (Å²) in [5.74, 6) is 0.199. The summed E-state index contributed by atoms with van der Waals surface area (Å²) in [5, 5.41) is 0. The van der Waals surface area contributed by atoms with Crippen molar-refractivity contribution in [2.75, 3.05) is 32.5 Å². The van der Waals surface area contributed by atoms with Gasteiger partial charge in [-0.2, -0.15) is 0 Å². The minimum Gasteiger partial charge on any atom is -0.376 e. The highest BCUT2D eigenvalue weighted by Gasteiger charge is 2.21. The molecule has 1 unspecified atom stereocenters. The lowest BCUT2D eigenvalue weighted by Gasteiger charge is -2.31. The lowest BCUT2D eigenvalue weighted by molar-refractivity contribution is -0.0271. The van der Waals surface area contributed by atoms with Crippen molar-refractivity contribution < 1.29 is 9.53 Å². The van der Waals surface area contributed by atoms with Crippen LogP contribution in [0.15, 0.2) is 29.2 Å². The number of carbonyl (C=O) groups excluding carboxylic acids is 1. The van der Waals surface area contributed by atoms with Crippen LogP contribution in [-0.2, 0) is 4.74 Å². The van der Waals surface area contributed by atoms with Crippen LogP contribution >= 0.6 is 11.8 Å². The maximum absolute atomic E-state index is 12.2. The van der Waals surface area contributed by atoms with Gasteiger partial charge in [0.25, 0.3) is 0 Å². The number of morpholine rings is 1. The molecule has 3 nitrogen and oxygen atoms in total. The molecule has 0 aromatic heterocycles. The van der Waals surface area contributed by atoms with Crippen molar-refractivity contribution >= 4 is 17.5 Å². The van der Waals surface area contributed by atoms with E-state index in [0.717, 1.165) is 31.7 Å². The molecule has 0 bridgehead atoms. The van der Waals surface area contributed by atoms with Gasteiger partial charge in [-0.15, -0.1) is 11.8 Å². The highest BCUT2D eigenvalue weighted by atomic mass is 32.2. The third kappa shape index (κ3) is 4.06. The number of ether oxygens (including phenoxy) is 1. The SMILES string of the molecule is CCC1CN(CC(=O)c2ccc(SC)cc2)CCO1. The molecule has 1 fully saturated rings. The van der Waals surface area contributed by atoms with Crippen molar-refractivity contribution in [3.63, 3.8) is 0 Å². The quantitative estimate of drug-likeness (QED) is 0.612. The van der Waals surface area contributed by atoms with Crippen LogP contribution in [0.3, 0.4) is 0 Å². The fourth-order valence-corrected chi connectivity index (χ4v) is 2.65. The van der Waals surface area contributed by atoms with Crippen LogP contribution in [0.2, 0.25) is 0 Å². The second kappa shape index (κ2) is 7.08. The van der Waals surface area contributed by atoms with Gasteiger partial charge in [-0.3, -0.25) is 9.69 Å². The van der Waals surface area contributed by atoms with E-state index in [1.807, 2.05) is 30.5 Å². The number of Topliss-reactive ketones (excluding diaryl/α,β-unsaturated/α-hetero) is 1. The Morgan fingerprint density at radius 2 is 2.16 bits per heavy atom. The molecule has 1 aromatic carbocycles. The molecular weight excluding hydrogens is 258 g/mol. The molecule has 1 atom stereocenters. The lowest BCUT2D eigenvalue weighted by atomic mass is 10.1. The molecule has 0 radical (unpaired) electrons. The van der Waals surface area contributed by atoms with Gasteiger partial charge in [0.15, 0.2) is 5.78 Å². The standard InChI is InChI=1S/C15H21NO2S/c1-3-13-10-16(8-9-18-13)11-15(17)12-4-6-14(19-2)7-5-12/h4-7,13H,3,8-11H2,1-2H3. The van der Waals surface area contributed by atoms with Crippen molar-refractivity contribution in [3.8, 4) is 0 Å². The van der Waals surface area contributed by atoms with Gasteiger partial charge in [-0.1, -0.05) is 19.1 Å². The first-order valence-corrected chi connectivity index (χ1v) is 7.96. The number of carbonyl (C=O) groups is 1. The highest BCUT2D eigenvalue weighted by molar-refractivity contribution is 7.98. The van der Waals surface area contributed by atoms with Gasteiger partial charge in [0.2, 0.25) is 0 Å². The number of nitrogens with zero attached hydrogens (tertiary/aromatic N) is 1. The van der Waals surface area contributed by atoms with E-state index < -0.39 is 0 Å². The normalized spacial score (nSPS) is 20.4. The molecule has 104 valence electrons. The van der Waals surface area contributed by atoms with E-state index in [9.17, 15) is 4.79 Å². The summed E-state index contributed by atoms with van der Waals surface area (Å²) in [6, 6.07) is 7.86. The van der Waals surface area contributed by atoms with E-state index in [1.54, 1.807) is 11.8 Å². The van der Waals surface area contributed by atoms with E-state index in [-0.39, 0.29) is 11.9 Å². The predicted octanol–water partition coefficient (Wildman–Crippen LogP) is 2.70. The number of ketones is 1. The van der Waals surface area contributed by atoms with Crippen LogP contribution in [-0.4, -0.2) is 49.3 Å². The smallest absolute Gasteiger partial charge is 0.176 e. The number of benzene rings is 1. The van der Waals surface area contributed by atoms with Gasteiger partial charge >= 0.3 is 0 Å². The fourth-order valence-electron chi connectivity index (χ4n) is 2.24. The van der Waals surface area contributed by atoms with E-state index in [1.165, 1.54) is 4.90 Å². The van der Waals surface area contributed by atoms with Crippen LogP contribution in [0.4, 0.5) is 0 Å². The number of hydrogen-bond acceptors (Lipinski definition) is 4. The molecule has 4 heteroatoms. The minimum atomic E-state index is 0.199. The molecule has 1 aliphatic heterocycles. The summed E-state index contributed by atoms with van der Waals surface area (Å²) in [4.78, 5) is 15.6. The number of rotatable bonds is 5. The van der Waals surface area contributed by atoms with Crippen LogP contribution in [0, 0.1) is 0 Å². The van der Waals surface area contributed by atoms with E-state index in [0.29, 0.717) is 6.54 Å². The zero-order chi connectivity index (χ0) is 13.7. The third-order valence-corrected chi connectivity index (χ3v) is 4.20. The molecule has 0 saturated carbocycles. The monoisotopic (exact) mass is 279 g/mol. The zero-order valence-electron chi connectivity index (χ0n) is 11.6. The average molecular weight is 279 g/mol. The maximum Gasteiger partial charge on any atom is 0.176 e.